The third kappa shape index (κ3) is 2.24. The zero-order chi connectivity index (χ0) is 9.19. The Bertz CT molecular complexity index is 255. The molecule has 1 aromatic heterocycles. The predicted molar refractivity (Wildman–Crippen MR) is 60.8 cm³/mol. The molecule has 0 N–H and O–H groups in total. The molecule has 1 heterocycles. The summed E-state index contributed by atoms with van der Waals surface area (Å²) in [5, 5.41) is 3.98. The van der Waals surface area contributed by atoms with Crippen LogP contribution in [0, 0.1) is 0 Å². The lowest BCUT2D eigenvalue weighted by atomic mass is 9.88. The van der Waals surface area contributed by atoms with E-state index in [0.717, 1.165) is 16.8 Å². The second-order valence-electron chi connectivity index (χ2n) is 3.42. The summed E-state index contributed by atoms with van der Waals surface area (Å²) in [5.74, 6) is 0. The van der Waals surface area contributed by atoms with Gasteiger partial charge in [-0.05, 0) is 17.9 Å². The summed E-state index contributed by atoms with van der Waals surface area (Å²) in [4.78, 5) is 1.30. The van der Waals surface area contributed by atoms with Crippen molar-refractivity contribution >= 4 is 38.9 Å². The van der Waals surface area contributed by atoms with Crippen LogP contribution in [0.1, 0.15) is 25.1 Å². The van der Waals surface area contributed by atoms with Gasteiger partial charge in [0.25, 0.3) is 0 Å². The highest BCUT2D eigenvalue weighted by Gasteiger charge is 2.23. The zero-order valence-corrected chi connectivity index (χ0v) is 10.4. The van der Waals surface area contributed by atoms with E-state index in [-0.39, 0.29) is 5.41 Å². The lowest BCUT2D eigenvalue weighted by Gasteiger charge is -2.22. The lowest BCUT2D eigenvalue weighted by Crippen LogP contribution is -2.16. The third-order valence-corrected chi connectivity index (χ3v) is 4.06. The number of halogens is 2. The molecule has 0 aliphatic rings. The van der Waals surface area contributed by atoms with Crippen molar-refractivity contribution in [1.29, 1.82) is 0 Å². The molecule has 0 atom stereocenters. The minimum atomic E-state index is 0.203. The Balaban J connectivity index is 2.88. The van der Waals surface area contributed by atoms with Crippen molar-refractivity contribution in [2.24, 2.45) is 0 Å². The van der Waals surface area contributed by atoms with Gasteiger partial charge < -0.3 is 0 Å². The molecule has 1 aromatic rings. The molecule has 0 nitrogen and oxygen atoms in total. The highest BCUT2D eigenvalue weighted by Crippen LogP contribution is 2.36. The molecular formula is C9H12BrClS. The van der Waals surface area contributed by atoms with Gasteiger partial charge in [-0.3, -0.25) is 0 Å². The summed E-state index contributed by atoms with van der Waals surface area (Å²) in [7, 11) is 0. The van der Waals surface area contributed by atoms with Crippen molar-refractivity contribution in [2.75, 3.05) is 5.33 Å². The first kappa shape index (κ1) is 10.6. The van der Waals surface area contributed by atoms with Crippen LogP contribution < -0.4 is 0 Å². The van der Waals surface area contributed by atoms with Gasteiger partial charge in [0, 0.05) is 15.6 Å². The van der Waals surface area contributed by atoms with Gasteiger partial charge in [-0.15, -0.1) is 11.3 Å². The average molecular weight is 268 g/mol. The van der Waals surface area contributed by atoms with Crippen LogP contribution in [0.25, 0.3) is 0 Å². The average Bonchev–Trinajstić information content (AvgIpc) is 2.35. The Labute approximate surface area is 91.1 Å². The molecule has 12 heavy (non-hydrogen) atoms. The molecule has 0 aliphatic carbocycles. The van der Waals surface area contributed by atoms with E-state index in [2.05, 4.69) is 29.8 Å². The van der Waals surface area contributed by atoms with Crippen molar-refractivity contribution < 1.29 is 0 Å². The Morgan fingerprint density at radius 2 is 2.25 bits per heavy atom. The summed E-state index contributed by atoms with van der Waals surface area (Å²) in [6.07, 6.45) is 1.12. The van der Waals surface area contributed by atoms with Crippen molar-refractivity contribution in [3.05, 3.63) is 21.3 Å². The van der Waals surface area contributed by atoms with Crippen molar-refractivity contribution in [3.8, 4) is 0 Å². The molecule has 0 radical (unpaired) electrons. The molecule has 1 rings (SSSR count). The third-order valence-electron chi connectivity index (χ3n) is 1.95. The maximum Gasteiger partial charge on any atom is 0.0550 e. The van der Waals surface area contributed by atoms with Crippen LogP contribution in [0.5, 0.6) is 0 Å². The molecule has 0 aliphatic heterocycles. The Morgan fingerprint density at radius 3 is 2.67 bits per heavy atom. The molecule has 0 amide bonds. The number of rotatable bonds is 3. The van der Waals surface area contributed by atoms with Crippen molar-refractivity contribution in [1.82, 2.24) is 0 Å². The minimum Gasteiger partial charge on any atom is -0.147 e. The molecular weight excluding hydrogens is 256 g/mol. The van der Waals surface area contributed by atoms with Gasteiger partial charge in [0.05, 0.1) is 5.02 Å². The van der Waals surface area contributed by atoms with Gasteiger partial charge in [-0.2, -0.15) is 0 Å². The fourth-order valence-corrected chi connectivity index (χ4v) is 3.59. The standard InChI is InChI=1S/C9H12BrClS/c1-9(2,4-5-10)8-7(11)3-6-12-8/h3,6H,4-5H2,1-2H3. The van der Waals surface area contributed by atoms with Crippen LogP contribution in [-0.4, -0.2) is 5.33 Å². The van der Waals surface area contributed by atoms with Gasteiger partial charge in [0.15, 0.2) is 0 Å². The fourth-order valence-electron chi connectivity index (χ4n) is 1.13. The first-order chi connectivity index (χ1) is 5.58. The Hall–Kier alpha value is 0.470. The van der Waals surface area contributed by atoms with E-state index in [9.17, 15) is 0 Å². The zero-order valence-electron chi connectivity index (χ0n) is 7.23. The van der Waals surface area contributed by atoms with Gasteiger partial charge in [0.2, 0.25) is 0 Å². The van der Waals surface area contributed by atoms with Crippen LogP contribution in [0.3, 0.4) is 0 Å². The maximum absolute atomic E-state index is 6.06. The van der Waals surface area contributed by atoms with E-state index in [1.165, 1.54) is 4.88 Å². The minimum absolute atomic E-state index is 0.203. The molecule has 3 heteroatoms. The quantitative estimate of drug-likeness (QED) is 0.709. The van der Waals surface area contributed by atoms with Crippen LogP contribution >= 0.6 is 38.9 Å². The molecule has 0 spiro atoms. The second-order valence-corrected chi connectivity index (χ2v) is 5.54. The summed E-state index contributed by atoms with van der Waals surface area (Å²) >= 11 is 11.3. The van der Waals surface area contributed by atoms with Crippen molar-refractivity contribution in [2.45, 2.75) is 25.7 Å². The van der Waals surface area contributed by atoms with E-state index in [1.807, 2.05) is 11.4 Å². The number of hydrogen-bond donors (Lipinski definition) is 0. The first-order valence-electron chi connectivity index (χ1n) is 3.87. The molecule has 68 valence electrons. The number of thiophene rings is 1. The van der Waals surface area contributed by atoms with Crippen LogP contribution in [0.15, 0.2) is 11.4 Å². The normalized spacial score (nSPS) is 12.0. The second kappa shape index (κ2) is 4.12. The van der Waals surface area contributed by atoms with Crippen molar-refractivity contribution in [3.63, 3.8) is 0 Å². The largest absolute Gasteiger partial charge is 0.147 e. The molecule has 0 unspecified atom stereocenters. The monoisotopic (exact) mass is 266 g/mol. The Kier molecular flexibility index (Phi) is 3.62. The maximum atomic E-state index is 6.06. The van der Waals surface area contributed by atoms with E-state index in [0.29, 0.717) is 0 Å². The smallest absolute Gasteiger partial charge is 0.0550 e. The van der Waals surface area contributed by atoms with E-state index < -0.39 is 0 Å². The van der Waals surface area contributed by atoms with Crippen LogP contribution in [-0.2, 0) is 5.41 Å². The highest BCUT2D eigenvalue weighted by molar-refractivity contribution is 9.09. The number of hydrogen-bond acceptors (Lipinski definition) is 1. The van der Waals surface area contributed by atoms with Crippen LogP contribution in [0.4, 0.5) is 0 Å². The Morgan fingerprint density at radius 1 is 1.58 bits per heavy atom. The van der Waals surface area contributed by atoms with Gasteiger partial charge >= 0.3 is 0 Å². The van der Waals surface area contributed by atoms with Crippen LogP contribution in [0.2, 0.25) is 5.02 Å². The molecule has 0 saturated carbocycles. The fraction of sp³-hybridized carbons (Fsp3) is 0.556. The highest BCUT2D eigenvalue weighted by atomic mass is 79.9. The van der Waals surface area contributed by atoms with E-state index in [4.69, 9.17) is 11.6 Å². The van der Waals surface area contributed by atoms with E-state index >= 15 is 0 Å². The topological polar surface area (TPSA) is 0 Å². The first-order valence-corrected chi connectivity index (χ1v) is 6.25. The molecule has 0 aromatic carbocycles. The molecule has 0 fully saturated rings. The van der Waals surface area contributed by atoms with Gasteiger partial charge in [-0.25, -0.2) is 0 Å². The summed E-state index contributed by atoms with van der Waals surface area (Å²) < 4.78 is 0. The number of alkyl halides is 1. The summed E-state index contributed by atoms with van der Waals surface area (Å²) in [6, 6.07) is 1.97. The summed E-state index contributed by atoms with van der Waals surface area (Å²) in [6.45, 7) is 4.46. The SMILES string of the molecule is CC(C)(CCBr)c1sccc1Cl. The summed E-state index contributed by atoms with van der Waals surface area (Å²) in [5.41, 5.74) is 0.203. The lowest BCUT2D eigenvalue weighted by molar-refractivity contribution is 0.523. The molecule has 0 bridgehead atoms. The van der Waals surface area contributed by atoms with Gasteiger partial charge in [-0.1, -0.05) is 41.4 Å². The molecule has 0 saturated heterocycles. The van der Waals surface area contributed by atoms with E-state index in [1.54, 1.807) is 11.3 Å². The predicted octanol–water partition coefficient (Wildman–Crippen LogP) is 4.46. The van der Waals surface area contributed by atoms with Gasteiger partial charge in [0.1, 0.15) is 0 Å².